The highest BCUT2D eigenvalue weighted by atomic mass is 35.5. The minimum absolute atomic E-state index is 0.140. The van der Waals surface area contributed by atoms with Gasteiger partial charge >= 0.3 is 0 Å². The minimum Gasteiger partial charge on any atom is -0.212 e. The van der Waals surface area contributed by atoms with E-state index in [9.17, 15) is 8.42 Å². The van der Waals surface area contributed by atoms with E-state index in [-0.39, 0.29) is 6.04 Å². The van der Waals surface area contributed by atoms with Crippen LogP contribution in [0, 0.1) is 0 Å². The molecule has 0 radical (unpaired) electrons. The molecule has 0 aliphatic heterocycles. The van der Waals surface area contributed by atoms with E-state index < -0.39 is 15.3 Å². The second-order valence-electron chi connectivity index (χ2n) is 2.97. The van der Waals surface area contributed by atoms with Crippen molar-refractivity contribution < 1.29 is 8.42 Å². The van der Waals surface area contributed by atoms with Crippen LogP contribution in [-0.4, -0.2) is 25.6 Å². The SMILES string of the molecule is CCC(CCl)NS(=O)(=O)C(C)C. The average molecular weight is 214 g/mol. The van der Waals surface area contributed by atoms with Crippen LogP contribution in [0.2, 0.25) is 0 Å². The summed E-state index contributed by atoms with van der Waals surface area (Å²) in [6.45, 7) is 5.18. The van der Waals surface area contributed by atoms with Gasteiger partial charge in [0.05, 0.1) is 5.25 Å². The summed E-state index contributed by atoms with van der Waals surface area (Å²) in [6.07, 6.45) is 0.718. The largest absolute Gasteiger partial charge is 0.214 e. The summed E-state index contributed by atoms with van der Waals surface area (Å²) in [7, 11) is -3.16. The van der Waals surface area contributed by atoms with Crippen LogP contribution in [0.5, 0.6) is 0 Å². The highest BCUT2D eigenvalue weighted by Crippen LogP contribution is 2.01. The van der Waals surface area contributed by atoms with Gasteiger partial charge in [-0.3, -0.25) is 0 Å². The minimum atomic E-state index is -3.16. The van der Waals surface area contributed by atoms with Gasteiger partial charge < -0.3 is 0 Å². The van der Waals surface area contributed by atoms with Crippen molar-refractivity contribution in [3.8, 4) is 0 Å². The van der Waals surface area contributed by atoms with Crippen molar-refractivity contribution in [1.82, 2.24) is 4.72 Å². The first kappa shape index (κ1) is 12.2. The third-order valence-corrected chi connectivity index (χ3v) is 3.91. The lowest BCUT2D eigenvalue weighted by atomic mass is 10.3. The number of sulfonamides is 1. The van der Waals surface area contributed by atoms with Crippen molar-refractivity contribution in [2.75, 3.05) is 5.88 Å². The second-order valence-corrected chi connectivity index (χ2v) is 5.55. The first-order chi connectivity index (χ1) is 5.44. The van der Waals surface area contributed by atoms with Gasteiger partial charge in [0, 0.05) is 11.9 Å². The van der Waals surface area contributed by atoms with E-state index in [0.717, 1.165) is 6.42 Å². The second kappa shape index (κ2) is 5.04. The Bertz CT molecular complexity index is 209. The predicted octanol–water partition coefficient (Wildman–Crippen LogP) is 1.33. The smallest absolute Gasteiger partial charge is 0.212 e. The molecule has 0 aromatic heterocycles. The van der Waals surface area contributed by atoms with Gasteiger partial charge in [0.2, 0.25) is 10.0 Å². The normalized spacial score (nSPS) is 15.1. The summed E-state index contributed by atoms with van der Waals surface area (Å²) in [5, 5.41) is -0.394. The summed E-state index contributed by atoms with van der Waals surface area (Å²) in [5.41, 5.74) is 0. The predicted molar refractivity (Wildman–Crippen MR) is 52.0 cm³/mol. The first-order valence-electron chi connectivity index (χ1n) is 4.01. The van der Waals surface area contributed by atoms with Gasteiger partial charge in [0.1, 0.15) is 0 Å². The van der Waals surface area contributed by atoms with Crippen molar-refractivity contribution in [2.24, 2.45) is 0 Å². The zero-order chi connectivity index (χ0) is 9.78. The highest BCUT2D eigenvalue weighted by molar-refractivity contribution is 7.90. The molecule has 1 atom stereocenters. The van der Waals surface area contributed by atoms with Crippen LogP contribution >= 0.6 is 11.6 Å². The number of hydrogen-bond acceptors (Lipinski definition) is 2. The van der Waals surface area contributed by atoms with E-state index in [2.05, 4.69) is 4.72 Å². The van der Waals surface area contributed by atoms with E-state index in [1.54, 1.807) is 13.8 Å². The van der Waals surface area contributed by atoms with E-state index in [1.165, 1.54) is 0 Å². The topological polar surface area (TPSA) is 46.2 Å². The van der Waals surface area contributed by atoms with E-state index in [0.29, 0.717) is 5.88 Å². The van der Waals surface area contributed by atoms with Crippen LogP contribution in [0.1, 0.15) is 27.2 Å². The van der Waals surface area contributed by atoms with Crippen molar-refractivity contribution in [3.63, 3.8) is 0 Å². The van der Waals surface area contributed by atoms with Crippen LogP contribution in [0.25, 0.3) is 0 Å². The maximum atomic E-state index is 11.3. The Hall–Kier alpha value is 0.200. The number of hydrogen-bond donors (Lipinski definition) is 1. The molecule has 0 bridgehead atoms. The molecule has 74 valence electrons. The molecule has 5 heteroatoms. The molecule has 0 aromatic rings. The fourth-order valence-electron chi connectivity index (χ4n) is 0.592. The molecular weight excluding hydrogens is 198 g/mol. The Labute approximate surface area is 79.5 Å². The fourth-order valence-corrected chi connectivity index (χ4v) is 1.97. The molecule has 0 aromatic carbocycles. The Morgan fingerprint density at radius 3 is 2.17 bits per heavy atom. The Morgan fingerprint density at radius 2 is 1.92 bits per heavy atom. The highest BCUT2D eigenvalue weighted by Gasteiger charge is 2.19. The van der Waals surface area contributed by atoms with E-state index in [4.69, 9.17) is 11.6 Å². The molecule has 0 fully saturated rings. The van der Waals surface area contributed by atoms with Gasteiger partial charge in [-0.1, -0.05) is 6.92 Å². The molecule has 0 spiro atoms. The lowest BCUT2D eigenvalue weighted by Crippen LogP contribution is -2.39. The molecule has 3 nitrogen and oxygen atoms in total. The van der Waals surface area contributed by atoms with Crippen LogP contribution < -0.4 is 4.72 Å². The maximum absolute atomic E-state index is 11.3. The van der Waals surface area contributed by atoms with Gasteiger partial charge in [0.25, 0.3) is 0 Å². The van der Waals surface area contributed by atoms with Crippen molar-refractivity contribution in [3.05, 3.63) is 0 Å². The molecule has 0 amide bonds. The number of halogens is 1. The van der Waals surface area contributed by atoms with Crippen LogP contribution in [0.4, 0.5) is 0 Å². The van der Waals surface area contributed by atoms with E-state index >= 15 is 0 Å². The lowest BCUT2D eigenvalue weighted by molar-refractivity contribution is 0.549. The lowest BCUT2D eigenvalue weighted by Gasteiger charge is -2.15. The fraction of sp³-hybridized carbons (Fsp3) is 1.00. The molecule has 1 N–H and O–H groups in total. The maximum Gasteiger partial charge on any atom is 0.214 e. The summed E-state index contributed by atoms with van der Waals surface area (Å²) in [4.78, 5) is 0. The average Bonchev–Trinajstić information content (AvgIpc) is 2.00. The van der Waals surface area contributed by atoms with Gasteiger partial charge in [-0.15, -0.1) is 11.6 Å². The number of rotatable bonds is 5. The molecule has 0 saturated heterocycles. The van der Waals surface area contributed by atoms with Crippen molar-refractivity contribution in [2.45, 2.75) is 38.5 Å². The third kappa shape index (κ3) is 3.74. The van der Waals surface area contributed by atoms with E-state index in [1.807, 2.05) is 6.92 Å². The summed E-state index contributed by atoms with van der Waals surface area (Å²) < 4.78 is 25.1. The third-order valence-electron chi connectivity index (χ3n) is 1.63. The molecule has 0 aliphatic rings. The monoisotopic (exact) mass is 213 g/mol. The standard InChI is InChI=1S/C7H16ClNO2S/c1-4-7(5-8)9-12(10,11)6(2)3/h6-7,9H,4-5H2,1-3H3. The molecule has 12 heavy (non-hydrogen) atoms. The molecule has 0 rings (SSSR count). The Morgan fingerprint density at radius 1 is 1.42 bits per heavy atom. The van der Waals surface area contributed by atoms with Crippen molar-refractivity contribution >= 4 is 21.6 Å². The molecule has 0 saturated carbocycles. The van der Waals surface area contributed by atoms with Crippen molar-refractivity contribution in [1.29, 1.82) is 0 Å². The van der Waals surface area contributed by atoms with Gasteiger partial charge in [-0.05, 0) is 20.3 Å². The number of alkyl halides is 1. The number of nitrogens with one attached hydrogen (secondary N) is 1. The molecule has 1 unspecified atom stereocenters. The molecule has 0 aliphatic carbocycles. The van der Waals surface area contributed by atoms with Gasteiger partial charge in [-0.25, -0.2) is 13.1 Å². The van der Waals surface area contributed by atoms with Gasteiger partial charge in [0.15, 0.2) is 0 Å². The summed E-state index contributed by atoms with van der Waals surface area (Å²) in [6, 6.07) is -0.140. The summed E-state index contributed by atoms with van der Waals surface area (Å²) in [5.74, 6) is 0.322. The molecule has 0 heterocycles. The Balaban J connectivity index is 4.23. The quantitative estimate of drug-likeness (QED) is 0.701. The zero-order valence-corrected chi connectivity index (χ0v) is 9.24. The zero-order valence-electron chi connectivity index (χ0n) is 7.67. The van der Waals surface area contributed by atoms with Gasteiger partial charge in [-0.2, -0.15) is 0 Å². The first-order valence-corrected chi connectivity index (χ1v) is 6.09. The van der Waals surface area contributed by atoms with Crippen LogP contribution in [0.15, 0.2) is 0 Å². The van der Waals surface area contributed by atoms with Crippen LogP contribution in [-0.2, 0) is 10.0 Å². The molecular formula is C7H16ClNO2S. The summed E-state index contributed by atoms with van der Waals surface area (Å²) >= 11 is 5.55. The Kier molecular flexibility index (Phi) is 5.13. The van der Waals surface area contributed by atoms with Crippen LogP contribution in [0.3, 0.4) is 0 Å².